The standard InChI is InChI=1S/C17H28N4O/c1-12(2)14(20-16-18-9-7-10-19-16)15(22)21-11-6-8-13(21)17(3,4)5/h7,9-10,12-14H,6,8,11H2,1-5H3,(H,18,19,20). The molecule has 1 aliphatic heterocycles. The van der Waals surface area contributed by atoms with Crippen LogP contribution in [0.5, 0.6) is 0 Å². The number of rotatable bonds is 4. The van der Waals surface area contributed by atoms with Gasteiger partial charge in [0.1, 0.15) is 6.04 Å². The van der Waals surface area contributed by atoms with Crippen LogP contribution in [0.25, 0.3) is 0 Å². The van der Waals surface area contributed by atoms with Crippen molar-refractivity contribution >= 4 is 11.9 Å². The van der Waals surface area contributed by atoms with Crippen molar-refractivity contribution in [3.8, 4) is 0 Å². The minimum Gasteiger partial charge on any atom is -0.342 e. The predicted octanol–water partition coefficient (Wildman–Crippen LogP) is 2.95. The van der Waals surface area contributed by atoms with Gasteiger partial charge in [-0.25, -0.2) is 9.97 Å². The van der Waals surface area contributed by atoms with Crippen molar-refractivity contribution in [2.45, 2.75) is 59.5 Å². The molecular formula is C17H28N4O. The molecule has 1 aliphatic rings. The Balaban J connectivity index is 2.16. The molecule has 0 aromatic carbocycles. The molecule has 0 saturated carbocycles. The lowest BCUT2D eigenvalue weighted by molar-refractivity contribution is -0.135. The summed E-state index contributed by atoms with van der Waals surface area (Å²) in [6.07, 6.45) is 5.54. The van der Waals surface area contributed by atoms with Crippen molar-refractivity contribution in [2.24, 2.45) is 11.3 Å². The van der Waals surface area contributed by atoms with E-state index in [0.29, 0.717) is 12.0 Å². The highest BCUT2D eigenvalue weighted by atomic mass is 16.2. The van der Waals surface area contributed by atoms with E-state index in [-0.39, 0.29) is 23.3 Å². The summed E-state index contributed by atoms with van der Waals surface area (Å²) in [4.78, 5) is 23.5. The molecule has 1 aromatic heterocycles. The largest absolute Gasteiger partial charge is 0.342 e. The van der Waals surface area contributed by atoms with Crippen LogP contribution < -0.4 is 5.32 Å². The van der Waals surface area contributed by atoms with E-state index in [0.717, 1.165) is 19.4 Å². The van der Waals surface area contributed by atoms with Gasteiger partial charge in [-0.2, -0.15) is 0 Å². The molecule has 5 heteroatoms. The summed E-state index contributed by atoms with van der Waals surface area (Å²) in [5.41, 5.74) is 0.108. The Labute approximate surface area is 133 Å². The molecule has 2 atom stereocenters. The second-order valence-electron chi connectivity index (χ2n) is 7.49. The number of hydrogen-bond acceptors (Lipinski definition) is 4. The molecule has 0 spiro atoms. The van der Waals surface area contributed by atoms with Gasteiger partial charge in [0.15, 0.2) is 0 Å². The van der Waals surface area contributed by atoms with Crippen molar-refractivity contribution in [3.05, 3.63) is 18.5 Å². The zero-order valence-corrected chi connectivity index (χ0v) is 14.3. The molecule has 1 amide bonds. The van der Waals surface area contributed by atoms with Crippen LogP contribution >= 0.6 is 0 Å². The van der Waals surface area contributed by atoms with Crippen LogP contribution in [0.2, 0.25) is 0 Å². The number of carbonyl (C=O) groups is 1. The average molecular weight is 304 g/mol. The fourth-order valence-electron chi connectivity index (χ4n) is 3.14. The maximum absolute atomic E-state index is 13.1. The molecule has 2 rings (SSSR count). The van der Waals surface area contributed by atoms with Gasteiger partial charge in [0.25, 0.3) is 0 Å². The van der Waals surface area contributed by atoms with Gasteiger partial charge in [-0.1, -0.05) is 34.6 Å². The third-order valence-corrected chi connectivity index (χ3v) is 4.32. The number of aromatic nitrogens is 2. The lowest BCUT2D eigenvalue weighted by Gasteiger charge is -2.37. The second kappa shape index (κ2) is 6.63. The SMILES string of the molecule is CC(C)C(Nc1ncccn1)C(=O)N1CCCC1C(C)(C)C. The normalized spacial score (nSPS) is 20.3. The van der Waals surface area contributed by atoms with E-state index in [1.165, 1.54) is 0 Å². The zero-order chi connectivity index (χ0) is 16.3. The molecule has 22 heavy (non-hydrogen) atoms. The first kappa shape index (κ1) is 16.7. The molecule has 2 unspecified atom stereocenters. The van der Waals surface area contributed by atoms with Crippen molar-refractivity contribution in [3.63, 3.8) is 0 Å². The minimum atomic E-state index is -0.287. The van der Waals surface area contributed by atoms with Gasteiger partial charge in [-0.15, -0.1) is 0 Å². The Hall–Kier alpha value is -1.65. The molecule has 1 fully saturated rings. The summed E-state index contributed by atoms with van der Waals surface area (Å²) >= 11 is 0. The van der Waals surface area contributed by atoms with E-state index in [4.69, 9.17) is 0 Å². The molecule has 0 bridgehead atoms. The summed E-state index contributed by atoms with van der Waals surface area (Å²) in [5, 5.41) is 3.21. The maximum Gasteiger partial charge on any atom is 0.245 e. The van der Waals surface area contributed by atoms with Crippen LogP contribution in [-0.2, 0) is 4.79 Å². The van der Waals surface area contributed by atoms with Crippen molar-refractivity contribution in [2.75, 3.05) is 11.9 Å². The van der Waals surface area contributed by atoms with Crippen LogP contribution in [0.1, 0.15) is 47.5 Å². The second-order valence-corrected chi connectivity index (χ2v) is 7.49. The molecule has 1 saturated heterocycles. The van der Waals surface area contributed by atoms with Crippen LogP contribution in [0, 0.1) is 11.3 Å². The summed E-state index contributed by atoms with van der Waals surface area (Å²) in [6, 6.07) is 1.79. The highest BCUT2D eigenvalue weighted by molar-refractivity contribution is 5.85. The Bertz CT molecular complexity index is 495. The van der Waals surface area contributed by atoms with Crippen molar-refractivity contribution in [1.29, 1.82) is 0 Å². The number of amides is 1. The van der Waals surface area contributed by atoms with E-state index in [9.17, 15) is 4.79 Å². The molecule has 2 heterocycles. The Morgan fingerprint density at radius 3 is 2.50 bits per heavy atom. The van der Waals surface area contributed by atoms with Crippen LogP contribution in [0.4, 0.5) is 5.95 Å². The summed E-state index contributed by atoms with van der Waals surface area (Å²) in [7, 11) is 0. The number of carbonyl (C=O) groups excluding carboxylic acids is 1. The lowest BCUT2D eigenvalue weighted by atomic mass is 9.85. The third-order valence-electron chi connectivity index (χ3n) is 4.32. The predicted molar refractivity (Wildman–Crippen MR) is 88.5 cm³/mol. The maximum atomic E-state index is 13.1. The Kier molecular flexibility index (Phi) is 5.04. The first-order valence-corrected chi connectivity index (χ1v) is 8.14. The van der Waals surface area contributed by atoms with E-state index < -0.39 is 0 Å². The average Bonchev–Trinajstić information content (AvgIpc) is 2.94. The van der Waals surface area contributed by atoms with Crippen molar-refractivity contribution in [1.82, 2.24) is 14.9 Å². The topological polar surface area (TPSA) is 58.1 Å². The lowest BCUT2D eigenvalue weighted by Crippen LogP contribution is -2.51. The van der Waals surface area contributed by atoms with Gasteiger partial charge in [-0.3, -0.25) is 4.79 Å². The number of anilines is 1. The molecule has 122 valence electrons. The highest BCUT2D eigenvalue weighted by Gasteiger charge is 2.40. The summed E-state index contributed by atoms with van der Waals surface area (Å²) < 4.78 is 0. The third kappa shape index (κ3) is 3.76. The number of nitrogens with one attached hydrogen (secondary N) is 1. The van der Waals surface area contributed by atoms with E-state index in [1.54, 1.807) is 18.5 Å². The number of nitrogens with zero attached hydrogens (tertiary/aromatic N) is 3. The minimum absolute atomic E-state index is 0.108. The van der Waals surface area contributed by atoms with Gasteiger partial charge < -0.3 is 10.2 Å². The highest BCUT2D eigenvalue weighted by Crippen LogP contribution is 2.33. The quantitative estimate of drug-likeness (QED) is 0.929. The van der Waals surface area contributed by atoms with Crippen LogP contribution in [0.15, 0.2) is 18.5 Å². The molecule has 0 radical (unpaired) electrons. The number of likely N-dealkylation sites (tertiary alicyclic amines) is 1. The molecule has 1 aromatic rings. The molecular weight excluding hydrogens is 276 g/mol. The Morgan fingerprint density at radius 2 is 1.95 bits per heavy atom. The van der Waals surface area contributed by atoms with Gasteiger partial charge in [0.05, 0.1) is 0 Å². The van der Waals surface area contributed by atoms with Gasteiger partial charge >= 0.3 is 0 Å². The summed E-state index contributed by atoms with van der Waals surface area (Å²) in [6.45, 7) is 11.6. The van der Waals surface area contributed by atoms with E-state index in [2.05, 4.69) is 54.8 Å². The van der Waals surface area contributed by atoms with E-state index >= 15 is 0 Å². The molecule has 1 N–H and O–H groups in total. The van der Waals surface area contributed by atoms with E-state index in [1.807, 2.05) is 0 Å². The molecule has 0 aliphatic carbocycles. The van der Waals surface area contributed by atoms with Gasteiger partial charge in [-0.05, 0) is 30.2 Å². The zero-order valence-electron chi connectivity index (χ0n) is 14.3. The van der Waals surface area contributed by atoms with Crippen LogP contribution in [-0.4, -0.2) is 39.4 Å². The Morgan fingerprint density at radius 1 is 1.32 bits per heavy atom. The fourth-order valence-corrected chi connectivity index (χ4v) is 3.14. The van der Waals surface area contributed by atoms with Gasteiger partial charge in [0.2, 0.25) is 11.9 Å². The summed E-state index contributed by atoms with van der Waals surface area (Å²) in [5.74, 6) is 0.860. The van der Waals surface area contributed by atoms with Crippen LogP contribution in [0.3, 0.4) is 0 Å². The van der Waals surface area contributed by atoms with Crippen molar-refractivity contribution < 1.29 is 4.79 Å². The first-order valence-electron chi connectivity index (χ1n) is 8.14. The number of hydrogen-bond donors (Lipinski definition) is 1. The fraction of sp³-hybridized carbons (Fsp3) is 0.706. The smallest absolute Gasteiger partial charge is 0.245 e. The monoisotopic (exact) mass is 304 g/mol. The first-order chi connectivity index (χ1) is 10.3. The molecule has 5 nitrogen and oxygen atoms in total. The van der Waals surface area contributed by atoms with Gasteiger partial charge in [0, 0.05) is 25.0 Å².